The van der Waals surface area contributed by atoms with E-state index in [-0.39, 0.29) is 0 Å². The molecule has 1 aliphatic heterocycles. The average Bonchev–Trinajstić information content (AvgIpc) is 3.04. The lowest BCUT2D eigenvalue weighted by atomic mass is 9.90. The fourth-order valence-electron chi connectivity index (χ4n) is 3.35. The second-order valence-corrected chi connectivity index (χ2v) is 6.09. The minimum atomic E-state index is 0.639. The predicted octanol–water partition coefficient (Wildman–Crippen LogP) is 3.34. The van der Waals surface area contributed by atoms with Gasteiger partial charge in [0.1, 0.15) is 5.65 Å². The van der Waals surface area contributed by atoms with E-state index in [9.17, 15) is 0 Å². The summed E-state index contributed by atoms with van der Waals surface area (Å²) >= 11 is 0. The minimum Gasteiger partial charge on any atom is -0.346 e. The summed E-state index contributed by atoms with van der Waals surface area (Å²) in [5, 5.41) is 1.22. The van der Waals surface area contributed by atoms with Gasteiger partial charge >= 0.3 is 0 Å². The number of aromatic amines is 1. The summed E-state index contributed by atoms with van der Waals surface area (Å²) in [6.07, 6.45) is 10.2. The lowest BCUT2D eigenvalue weighted by Gasteiger charge is -2.32. The zero-order valence-corrected chi connectivity index (χ0v) is 12.6. The van der Waals surface area contributed by atoms with E-state index in [1.54, 1.807) is 0 Å². The Labute approximate surface area is 130 Å². The Balaban J connectivity index is 1.41. The van der Waals surface area contributed by atoms with Crippen molar-refractivity contribution in [3.63, 3.8) is 0 Å². The van der Waals surface area contributed by atoms with Crippen LogP contribution in [0.15, 0.2) is 49.1 Å². The van der Waals surface area contributed by atoms with Gasteiger partial charge in [0.2, 0.25) is 0 Å². The van der Waals surface area contributed by atoms with E-state index >= 15 is 0 Å². The quantitative estimate of drug-likeness (QED) is 0.805. The summed E-state index contributed by atoms with van der Waals surface area (Å²) in [5.74, 6) is 0.639. The maximum absolute atomic E-state index is 4.53. The molecule has 3 aromatic heterocycles. The normalized spacial score (nSPS) is 17.1. The standard InChI is InChI=1S/C18H20N4/c1-6-19-7-2-14(1)13-22-9-4-15(5-10-22)17-11-16-3-8-20-18(16)21-12-17/h1-3,6-8,11-12,15H,4-5,9-10,13H2,(H,20,21). The third-order valence-electron chi connectivity index (χ3n) is 4.64. The van der Waals surface area contributed by atoms with Crippen LogP contribution < -0.4 is 0 Å². The molecule has 0 unspecified atom stereocenters. The number of rotatable bonds is 3. The SMILES string of the molecule is c1cc(CN2CCC(c3cnc4[nH]ccc4c3)CC2)ccn1. The molecule has 4 nitrogen and oxygen atoms in total. The van der Waals surface area contributed by atoms with Crippen LogP contribution in [-0.2, 0) is 6.54 Å². The maximum atomic E-state index is 4.53. The highest BCUT2D eigenvalue weighted by Crippen LogP contribution is 2.29. The van der Waals surface area contributed by atoms with E-state index in [1.165, 1.54) is 29.4 Å². The summed E-state index contributed by atoms with van der Waals surface area (Å²) in [5.41, 5.74) is 3.72. The van der Waals surface area contributed by atoms with Crippen molar-refractivity contribution in [1.29, 1.82) is 0 Å². The van der Waals surface area contributed by atoms with Crippen LogP contribution in [0.1, 0.15) is 29.9 Å². The topological polar surface area (TPSA) is 44.8 Å². The zero-order valence-electron chi connectivity index (χ0n) is 12.6. The van der Waals surface area contributed by atoms with Crippen LogP contribution in [0.3, 0.4) is 0 Å². The van der Waals surface area contributed by atoms with Gasteiger partial charge in [0.15, 0.2) is 0 Å². The number of fused-ring (bicyclic) bond motifs is 1. The first-order valence-corrected chi connectivity index (χ1v) is 7.93. The molecule has 4 heterocycles. The number of hydrogen-bond donors (Lipinski definition) is 1. The van der Waals surface area contributed by atoms with Crippen molar-refractivity contribution in [2.45, 2.75) is 25.3 Å². The van der Waals surface area contributed by atoms with Crippen LogP contribution in [0.25, 0.3) is 11.0 Å². The van der Waals surface area contributed by atoms with Crippen LogP contribution in [0.5, 0.6) is 0 Å². The summed E-state index contributed by atoms with van der Waals surface area (Å²) < 4.78 is 0. The maximum Gasteiger partial charge on any atom is 0.137 e. The lowest BCUT2D eigenvalue weighted by molar-refractivity contribution is 0.204. The van der Waals surface area contributed by atoms with E-state index in [0.29, 0.717) is 5.92 Å². The Hall–Kier alpha value is -2.20. The van der Waals surface area contributed by atoms with E-state index in [0.717, 1.165) is 25.3 Å². The molecule has 0 aromatic carbocycles. The molecule has 0 radical (unpaired) electrons. The molecule has 112 valence electrons. The van der Waals surface area contributed by atoms with Gasteiger partial charge in [-0.3, -0.25) is 9.88 Å². The number of pyridine rings is 2. The molecule has 22 heavy (non-hydrogen) atoms. The van der Waals surface area contributed by atoms with Gasteiger partial charge in [-0.25, -0.2) is 4.98 Å². The van der Waals surface area contributed by atoms with Crippen molar-refractivity contribution in [3.05, 3.63) is 60.2 Å². The van der Waals surface area contributed by atoms with Crippen LogP contribution in [0, 0.1) is 0 Å². The van der Waals surface area contributed by atoms with Crippen LogP contribution in [0.2, 0.25) is 0 Å². The second-order valence-electron chi connectivity index (χ2n) is 6.09. The summed E-state index contributed by atoms with van der Waals surface area (Å²) in [6, 6.07) is 8.61. The van der Waals surface area contributed by atoms with Gasteiger partial charge in [-0.05, 0) is 67.2 Å². The van der Waals surface area contributed by atoms with Crippen molar-refractivity contribution in [2.24, 2.45) is 0 Å². The van der Waals surface area contributed by atoms with Crippen molar-refractivity contribution >= 4 is 11.0 Å². The first-order valence-electron chi connectivity index (χ1n) is 7.93. The minimum absolute atomic E-state index is 0.639. The highest BCUT2D eigenvalue weighted by Gasteiger charge is 2.21. The molecule has 3 aromatic rings. The molecule has 1 saturated heterocycles. The molecular weight excluding hydrogens is 272 g/mol. The average molecular weight is 292 g/mol. The van der Waals surface area contributed by atoms with Gasteiger partial charge in [0, 0.05) is 36.7 Å². The molecule has 0 saturated carbocycles. The third kappa shape index (κ3) is 2.74. The number of aromatic nitrogens is 3. The Morgan fingerprint density at radius 1 is 1.14 bits per heavy atom. The molecule has 0 amide bonds. The van der Waals surface area contributed by atoms with Crippen LogP contribution >= 0.6 is 0 Å². The Bertz CT molecular complexity index is 742. The number of hydrogen-bond acceptors (Lipinski definition) is 3. The number of piperidine rings is 1. The summed E-state index contributed by atoms with van der Waals surface area (Å²) in [7, 11) is 0. The monoisotopic (exact) mass is 292 g/mol. The lowest BCUT2D eigenvalue weighted by Crippen LogP contribution is -2.32. The van der Waals surface area contributed by atoms with Gasteiger partial charge in [-0.15, -0.1) is 0 Å². The second kappa shape index (κ2) is 5.89. The Kier molecular flexibility index (Phi) is 3.60. The van der Waals surface area contributed by atoms with E-state index < -0.39 is 0 Å². The first-order chi connectivity index (χ1) is 10.9. The number of nitrogens with one attached hydrogen (secondary N) is 1. The molecule has 1 fully saturated rings. The van der Waals surface area contributed by atoms with Gasteiger partial charge in [-0.1, -0.05) is 0 Å². The molecule has 0 aliphatic carbocycles. The molecule has 4 rings (SSSR count). The molecular formula is C18H20N4. The summed E-state index contributed by atoms with van der Waals surface area (Å²) in [4.78, 5) is 14.3. The van der Waals surface area contributed by atoms with Crippen molar-refractivity contribution in [1.82, 2.24) is 19.9 Å². The summed E-state index contributed by atoms with van der Waals surface area (Å²) in [6.45, 7) is 3.33. The van der Waals surface area contributed by atoms with E-state index in [4.69, 9.17) is 0 Å². The highest BCUT2D eigenvalue weighted by molar-refractivity contribution is 5.75. The van der Waals surface area contributed by atoms with Crippen molar-refractivity contribution in [3.8, 4) is 0 Å². The molecule has 1 aliphatic rings. The Morgan fingerprint density at radius 3 is 2.77 bits per heavy atom. The van der Waals surface area contributed by atoms with Crippen LogP contribution in [-0.4, -0.2) is 32.9 Å². The number of likely N-dealkylation sites (tertiary alicyclic amines) is 1. The number of H-pyrrole nitrogens is 1. The third-order valence-corrected chi connectivity index (χ3v) is 4.64. The van der Waals surface area contributed by atoms with E-state index in [1.807, 2.05) is 24.8 Å². The fourth-order valence-corrected chi connectivity index (χ4v) is 3.35. The van der Waals surface area contributed by atoms with Gasteiger partial charge in [0.25, 0.3) is 0 Å². The van der Waals surface area contributed by atoms with Crippen molar-refractivity contribution in [2.75, 3.05) is 13.1 Å². The van der Waals surface area contributed by atoms with E-state index in [2.05, 4.69) is 44.1 Å². The first kappa shape index (κ1) is 13.5. The number of nitrogens with zero attached hydrogens (tertiary/aromatic N) is 3. The molecule has 0 spiro atoms. The van der Waals surface area contributed by atoms with Crippen LogP contribution in [0.4, 0.5) is 0 Å². The molecule has 0 bridgehead atoms. The highest BCUT2D eigenvalue weighted by atomic mass is 15.1. The van der Waals surface area contributed by atoms with Crippen molar-refractivity contribution < 1.29 is 0 Å². The van der Waals surface area contributed by atoms with Gasteiger partial charge in [-0.2, -0.15) is 0 Å². The largest absolute Gasteiger partial charge is 0.346 e. The smallest absolute Gasteiger partial charge is 0.137 e. The van der Waals surface area contributed by atoms with Gasteiger partial charge in [0.05, 0.1) is 0 Å². The molecule has 1 N–H and O–H groups in total. The molecule has 4 heteroatoms. The molecule has 0 atom stereocenters. The Morgan fingerprint density at radius 2 is 1.95 bits per heavy atom. The zero-order chi connectivity index (χ0) is 14.8. The van der Waals surface area contributed by atoms with Gasteiger partial charge < -0.3 is 4.98 Å². The predicted molar refractivity (Wildman–Crippen MR) is 87.6 cm³/mol. The fraction of sp³-hybridized carbons (Fsp3) is 0.333.